The van der Waals surface area contributed by atoms with Gasteiger partial charge in [-0.1, -0.05) is 26.0 Å². The van der Waals surface area contributed by atoms with Gasteiger partial charge < -0.3 is 21.1 Å². The Bertz CT molecular complexity index is 853. The Hall–Kier alpha value is -2.91. The Balaban J connectivity index is 0.00000420. The van der Waals surface area contributed by atoms with Crippen LogP contribution >= 0.6 is 12.4 Å². The molecule has 0 bridgehead atoms. The Labute approximate surface area is 175 Å². The molecule has 2 aromatic rings. The van der Waals surface area contributed by atoms with E-state index in [0.29, 0.717) is 11.4 Å². The van der Waals surface area contributed by atoms with Crippen molar-refractivity contribution in [3.63, 3.8) is 0 Å². The fourth-order valence-electron chi connectivity index (χ4n) is 2.33. The third-order valence-electron chi connectivity index (χ3n) is 3.94. The number of para-hydroxylation sites is 2. The third-order valence-corrected chi connectivity index (χ3v) is 3.94. The lowest BCUT2D eigenvalue weighted by molar-refractivity contribution is -0.125. The van der Waals surface area contributed by atoms with Crippen LogP contribution in [0.1, 0.15) is 31.3 Å². The number of nitrogens with zero attached hydrogens (tertiary/aromatic N) is 2. The minimum Gasteiger partial charge on any atom is -0.461 e. The van der Waals surface area contributed by atoms with E-state index in [1.807, 2.05) is 13.8 Å². The predicted octanol–water partition coefficient (Wildman–Crippen LogP) is 1.51. The average molecular weight is 424 g/mol. The molecule has 0 aliphatic rings. The molecular formula is C19H26ClN5O4. The van der Waals surface area contributed by atoms with Crippen molar-refractivity contribution >= 4 is 35.9 Å². The van der Waals surface area contributed by atoms with E-state index < -0.39 is 17.9 Å². The monoisotopic (exact) mass is 423 g/mol. The maximum atomic E-state index is 12.2. The first-order valence-corrected chi connectivity index (χ1v) is 8.98. The van der Waals surface area contributed by atoms with E-state index in [1.165, 1.54) is 10.7 Å². The van der Waals surface area contributed by atoms with E-state index in [4.69, 9.17) is 10.5 Å². The number of nitrogens with one attached hydrogen (secondary N) is 2. The van der Waals surface area contributed by atoms with Crippen LogP contribution in [0.3, 0.4) is 0 Å². The molecule has 9 nitrogen and oxygen atoms in total. The number of rotatable bonds is 8. The van der Waals surface area contributed by atoms with E-state index in [-0.39, 0.29) is 43.1 Å². The standard InChI is InChI=1S/C19H25N5O4.ClH/c1-4-28-19(27)14-9-10-24(23-14)15-8-6-5-7-13(15)22-16(25)11-21-18(26)17(20)12(2)3;/h5-10,12,17H,4,11,20H2,1-3H3,(H,21,26)(H,22,25);1H/t17-;/m0./s1. The SMILES string of the molecule is CCOC(=O)c1ccn(-c2ccccc2NC(=O)CNC(=O)[C@@H](N)C(C)C)n1.Cl. The molecule has 1 aromatic carbocycles. The molecule has 1 heterocycles. The van der Waals surface area contributed by atoms with Crippen LogP contribution in [0.2, 0.25) is 0 Å². The first-order valence-electron chi connectivity index (χ1n) is 8.98. The van der Waals surface area contributed by atoms with Gasteiger partial charge in [0.1, 0.15) is 0 Å². The summed E-state index contributed by atoms with van der Waals surface area (Å²) in [5, 5.41) is 9.43. The zero-order valence-corrected chi connectivity index (χ0v) is 17.4. The van der Waals surface area contributed by atoms with Crippen LogP contribution in [0.5, 0.6) is 0 Å². The van der Waals surface area contributed by atoms with Gasteiger partial charge in [0.2, 0.25) is 11.8 Å². The molecule has 4 N–H and O–H groups in total. The van der Waals surface area contributed by atoms with Crippen molar-refractivity contribution in [2.45, 2.75) is 26.8 Å². The second kappa shape index (κ2) is 11.2. The highest BCUT2D eigenvalue weighted by Gasteiger charge is 2.18. The molecule has 158 valence electrons. The summed E-state index contributed by atoms with van der Waals surface area (Å²) in [6.07, 6.45) is 1.60. The molecule has 2 rings (SSSR count). The van der Waals surface area contributed by atoms with Gasteiger partial charge in [0, 0.05) is 6.20 Å². The maximum absolute atomic E-state index is 12.2. The molecule has 10 heteroatoms. The molecule has 0 aliphatic heterocycles. The second-order valence-electron chi connectivity index (χ2n) is 6.42. The smallest absolute Gasteiger partial charge is 0.358 e. The highest BCUT2D eigenvalue weighted by atomic mass is 35.5. The van der Waals surface area contributed by atoms with Gasteiger partial charge in [-0.2, -0.15) is 5.10 Å². The number of carbonyl (C=O) groups excluding carboxylic acids is 3. The number of aromatic nitrogens is 2. The van der Waals surface area contributed by atoms with Crippen LogP contribution in [0.15, 0.2) is 36.5 Å². The van der Waals surface area contributed by atoms with E-state index in [0.717, 1.165) is 0 Å². The van der Waals surface area contributed by atoms with Gasteiger partial charge in [-0.15, -0.1) is 12.4 Å². The van der Waals surface area contributed by atoms with Crippen molar-refractivity contribution in [1.29, 1.82) is 0 Å². The van der Waals surface area contributed by atoms with Crippen molar-refractivity contribution in [3.8, 4) is 5.69 Å². The Morgan fingerprint density at radius 1 is 1.21 bits per heavy atom. The number of amides is 2. The molecule has 0 saturated heterocycles. The number of nitrogens with two attached hydrogens (primary N) is 1. The summed E-state index contributed by atoms with van der Waals surface area (Å²) in [4.78, 5) is 35.9. The summed E-state index contributed by atoms with van der Waals surface area (Å²) in [7, 11) is 0. The molecule has 29 heavy (non-hydrogen) atoms. The molecular weight excluding hydrogens is 398 g/mol. The van der Waals surface area contributed by atoms with Crippen LogP contribution in [-0.4, -0.2) is 46.8 Å². The lowest BCUT2D eigenvalue weighted by Crippen LogP contribution is -2.46. The van der Waals surface area contributed by atoms with Gasteiger partial charge in [0.15, 0.2) is 5.69 Å². The van der Waals surface area contributed by atoms with Crippen LogP contribution in [-0.2, 0) is 14.3 Å². The Morgan fingerprint density at radius 2 is 1.90 bits per heavy atom. The average Bonchev–Trinajstić information content (AvgIpc) is 3.16. The summed E-state index contributed by atoms with van der Waals surface area (Å²) in [6, 6.07) is 7.82. The zero-order valence-electron chi connectivity index (χ0n) is 16.5. The number of hydrogen-bond acceptors (Lipinski definition) is 6. The topological polar surface area (TPSA) is 128 Å². The van der Waals surface area contributed by atoms with Crippen LogP contribution in [0, 0.1) is 5.92 Å². The zero-order chi connectivity index (χ0) is 20.7. The molecule has 0 saturated carbocycles. The van der Waals surface area contributed by atoms with Gasteiger partial charge in [0.25, 0.3) is 0 Å². The fraction of sp³-hybridized carbons (Fsp3) is 0.368. The van der Waals surface area contributed by atoms with Crippen LogP contribution in [0.25, 0.3) is 5.69 Å². The van der Waals surface area contributed by atoms with Gasteiger partial charge >= 0.3 is 5.97 Å². The number of carbonyl (C=O) groups is 3. The van der Waals surface area contributed by atoms with E-state index in [2.05, 4.69) is 15.7 Å². The highest BCUT2D eigenvalue weighted by Crippen LogP contribution is 2.19. The largest absolute Gasteiger partial charge is 0.461 e. The third kappa shape index (κ3) is 6.58. The van der Waals surface area contributed by atoms with Crippen LogP contribution in [0.4, 0.5) is 5.69 Å². The normalized spacial score (nSPS) is 11.3. The van der Waals surface area contributed by atoms with Gasteiger partial charge in [-0.3, -0.25) is 9.59 Å². The second-order valence-corrected chi connectivity index (χ2v) is 6.42. The molecule has 0 unspecified atom stereocenters. The number of benzene rings is 1. The molecule has 0 aliphatic carbocycles. The van der Waals surface area contributed by atoms with Gasteiger partial charge in [-0.05, 0) is 31.0 Å². The minimum absolute atomic E-state index is 0. The van der Waals surface area contributed by atoms with Gasteiger partial charge in [0.05, 0.1) is 30.6 Å². The fourth-order valence-corrected chi connectivity index (χ4v) is 2.33. The molecule has 2 amide bonds. The quantitative estimate of drug-likeness (QED) is 0.552. The summed E-state index contributed by atoms with van der Waals surface area (Å²) < 4.78 is 6.39. The Morgan fingerprint density at radius 3 is 2.55 bits per heavy atom. The summed E-state index contributed by atoms with van der Waals surface area (Å²) in [5.41, 5.74) is 6.97. The van der Waals surface area contributed by atoms with Crippen molar-refractivity contribution < 1.29 is 19.1 Å². The number of halogens is 1. The number of esters is 1. The molecule has 0 fully saturated rings. The first-order chi connectivity index (χ1) is 13.3. The highest BCUT2D eigenvalue weighted by molar-refractivity contribution is 5.96. The van der Waals surface area contributed by atoms with Crippen LogP contribution < -0.4 is 16.4 Å². The number of anilines is 1. The van der Waals surface area contributed by atoms with E-state index >= 15 is 0 Å². The summed E-state index contributed by atoms with van der Waals surface area (Å²) >= 11 is 0. The van der Waals surface area contributed by atoms with Crippen molar-refractivity contribution in [1.82, 2.24) is 15.1 Å². The lowest BCUT2D eigenvalue weighted by atomic mass is 10.1. The molecule has 1 atom stereocenters. The first kappa shape index (κ1) is 24.1. The summed E-state index contributed by atoms with van der Waals surface area (Å²) in [5.74, 6) is -1.34. The molecule has 0 spiro atoms. The molecule has 1 aromatic heterocycles. The van der Waals surface area contributed by atoms with Gasteiger partial charge in [-0.25, -0.2) is 9.48 Å². The van der Waals surface area contributed by atoms with E-state index in [9.17, 15) is 14.4 Å². The van der Waals surface area contributed by atoms with E-state index in [1.54, 1.807) is 37.4 Å². The lowest BCUT2D eigenvalue weighted by Gasteiger charge is -2.15. The number of ether oxygens (including phenoxy) is 1. The van der Waals surface area contributed by atoms with Crippen molar-refractivity contribution in [3.05, 3.63) is 42.2 Å². The Kier molecular flexibility index (Phi) is 9.30. The minimum atomic E-state index is -0.676. The molecule has 0 radical (unpaired) electrons. The van der Waals surface area contributed by atoms with Crippen molar-refractivity contribution in [2.75, 3.05) is 18.5 Å². The van der Waals surface area contributed by atoms with Crippen molar-refractivity contribution in [2.24, 2.45) is 11.7 Å². The predicted molar refractivity (Wildman–Crippen MR) is 111 cm³/mol. The number of hydrogen-bond donors (Lipinski definition) is 3. The summed E-state index contributed by atoms with van der Waals surface area (Å²) in [6.45, 7) is 5.42. The maximum Gasteiger partial charge on any atom is 0.358 e.